The Morgan fingerprint density at radius 3 is 2.75 bits per heavy atom. The van der Waals surface area contributed by atoms with Crippen molar-refractivity contribution >= 4 is 11.9 Å². The lowest BCUT2D eigenvalue weighted by Gasteiger charge is -2.28. The van der Waals surface area contributed by atoms with Crippen LogP contribution < -0.4 is 4.74 Å². The van der Waals surface area contributed by atoms with Crippen molar-refractivity contribution in [1.29, 1.82) is 0 Å². The van der Waals surface area contributed by atoms with E-state index in [2.05, 4.69) is 10.3 Å². The van der Waals surface area contributed by atoms with E-state index in [0.717, 1.165) is 11.3 Å². The number of aromatic nitrogens is 3. The molecule has 8 heteroatoms. The number of amides is 1. The zero-order valence-corrected chi connectivity index (χ0v) is 13.8. The molecule has 0 aliphatic rings. The first-order chi connectivity index (χ1) is 11.5. The zero-order chi connectivity index (χ0) is 17.7. The Labute approximate surface area is 139 Å². The predicted molar refractivity (Wildman–Crippen MR) is 85.8 cm³/mol. The largest absolute Gasteiger partial charge is 0.497 e. The molecule has 0 aliphatic heterocycles. The molecular formula is C16H20N4O4. The molecule has 1 aromatic carbocycles. The lowest BCUT2D eigenvalue weighted by Crippen LogP contribution is -2.36. The molecule has 1 amide bonds. The Kier molecular flexibility index (Phi) is 5.51. The number of carboxylic acids is 1. The van der Waals surface area contributed by atoms with Crippen LogP contribution in [0.3, 0.4) is 0 Å². The fourth-order valence-electron chi connectivity index (χ4n) is 2.45. The van der Waals surface area contributed by atoms with Crippen molar-refractivity contribution in [1.82, 2.24) is 19.9 Å². The van der Waals surface area contributed by atoms with Gasteiger partial charge in [-0.15, -0.1) is 5.10 Å². The molecule has 1 unspecified atom stereocenters. The molecule has 0 bridgehead atoms. The fourth-order valence-corrected chi connectivity index (χ4v) is 2.45. The topological polar surface area (TPSA) is 97.6 Å². The highest BCUT2D eigenvalue weighted by Crippen LogP contribution is 2.24. The number of rotatable bonds is 7. The van der Waals surface area contributed by atoms with E-state index < -0.39 is 5.97 Å². The number of carbonyl (C=O) groups is 2. The number of methoxy groups -OCH3 is 1. The molecule has 1 heterocycles. The van der Waals surface area contributed by atoms with Crippen LogP contribution in [0.1, 0.15) is 35.9 Å². The van der Waals surface area contributed by atoms with Crippen molar-refractivity contribution < 1.29 is 19.4 Å². The smallest absolute Gasteiger partial charge is 0.358 e. The summed E-state index contributed by atoms with van der Waals surface area (Å²) in [7, 11) is 1.59. The lowest BCUT2D eigenvalue weighted by atomic mass is 10.1. The van der Waals surface area contributed by atoms with Gasteiger partial charge < -0.3 is 14.7 Å². The molecular weight excluding hydrogens is 312 g/mol. The van der Waals surface area contributed by atoms with Crippen LogP contribution in [0.2, 0.25) is 0 Å². The van der Waals surface area contributed by atoms with Crippen LogP contribution in [0, 0.1) is 0 Å². The van der Waals surface area contributed by atoms with E-state index in [1.54, 1.807) is 12.0 Å². The second-order valence-corrected chi connectivity index (χ2v) is 5.24. The van der Waals surface area contributed by atoms with Crippen LogP contribution in [0.4, 0.5) is 0 Å². The number of carboxylic acid groups (broad SMARTS) is 1. The van der Waals surface area contributed by atoms with Crippen LogP contribution in [0.25, 0.3) is 0 Å². The number of ether oxygens (including phenoxy) is 1. The van der Waals surface area contributed by atoms with Crippen molar-refractivity contribution in [3.05, 3.63) is 41.7 Å². The van der Waals surface area contributed by atoms with Gasteiger partial charge >= 0.3 is 5.97 Å². The molecule has 0 saturated heterocycles. The van der Waals surface area contributed by atoms with E-state index in [9.17, 15) is 9.59 Å². The van der Waals surface area contributed by atoms with Crippen LogP contribution in [0.5, 0.6) is 5.75 Å². The van der Waals surface area contributed by atoms with Gasteiger partial charge in [0, 0.05) is 6.54 Å². The molecule has 1 atom stereocenters. The third-order valence-corrected chi connectivity index (χ3v) is 3.76. The lowest BCUT2D eigenvalue weighted by molar-refractivity contribution is -0.134. The molecule has 24 heavy (non-hydrogen) atoms. The van der Waals surface area contributed by atoms with Crippen molar-refractivity contribution in [2.45, 2.75) is 26.4 Å². The van der Waals surface area contributed by atoms with E-state index in [1.807, 2.05) is 38.1 Å². The third-order valence-electron chi connectivity index (χ3n) is 3.76. The summed E-state index contributed by atoms with van der Waals surface area (Å²) in [5, 5.41) is 16.0. The molecule has 128 valence electrons. The Bertz CT molecular complexity index is 728. The minimum Gasteiger partial charge on any atom is -0.497 e. The van der Waals surface area contributed by atoms with Crippen molar-refractivity contribution in [3.8, 4) is 5.75 Å². The molecule has 0 radical (unpaired) electrons. The average molecular weight is 332 g/mol. The highest BCUT2D eigenvalue weighted by molar-refractivity contribution is 5.84. The summed E-state index contributed by atoms with van der Waals surface area (Å²) < 4.78 is 6.45. The first-order valence-electron chi connectivity index (χ1n) is 7.53. The zero-order valence-electron chi connectivity index (χ0n) is 13.8. The van der Waals surface area contributed by atoms with Gasteiger partial charge in [0.25, 0.3) is 0 Å². The van der Waals surface area contributed by atoms with Crippen molar-refractivity contribution in [3.63, 3.8) is 0 Å². The van der Waals surface area contributed by atoms with Crippen molar-refractivity contribution in [2.75, 3.05) is 13.7 Å². The molecule has 0 spiro atoms. The van der Waals surface area contributed by atoms with Gasteiger partial charge in [0.05, 0.1) is 19.3 Å². The first-order valence-corrected chi connectivity index (χ1v) is 7.53. The number of hydrogen-bond donors (Lipinski definition) is 1. The Morgan fingerprint density at radius 2 is 2.17 bits per heavy atom. The Balaban J connectivity index is 2.13. The van der Waals surface area contributed by atoms with E-state index in [0.29, 0.717) is 6.54 Å². The number of carbonyl (C=O) groups excluding carboxylic acids is 1. The monoisotopic (exact) mass is 332 g/mol. The fraction of sp³-hybridized carbons (Fsp3) is 0.375. The number of benzene rings is 1. The van der Waals surface area contributed by atoms with Gasteiger partial charge in [0.2, 0.25) is 5.91 Å². The maximum absolute atomic E-state index is 12.6. The summed E-state index contributed by atoms with van der Waals surface area (Å²) in [6, 6.07) is 7.39. The summed E-state index contributed by atoms with van der Waals surface area (Å²) in [6.45, 7) is 4.26. The maximum atomic E-state index is 12.6. The quantitative estimate of drug-likeness (QED) is 0.827. The molecule has 1 aromatic heterocycles. The van der Waals surface area contributed by atoms with E-state index in [4.69, 9.17) is 9.84 Å². The van der Waals surface area contributed by atoms with Gasteiger partial charge in [0.1, 0.15) is 12.3 Å². The predicted octanol–water partition coefficient (Wildman–Crippen LogP) is 1.59. The number of likely N-dealkylation sites (N-methyl/N-ethyl adjacent to an activating group) is 1. The second kappa shape index (κ2) is 7.58. The minimum absolute atomic E-state index is 0.0670. The normalized spacial score (nSPS) is 11.8. The molecule has 0 aliphatic carbocycles. The van der Waals surface area contributed by atoms with Gasteiger partial charge in [-0.05, 0) is 31.5 Å². The van der Waals surface area contributed by atoms with Crippen molar-refractivity contribution in [2.24, 2.45) is 0 Å². The SMILES string of the molecule is CCN(C(=O)Cn1cc(C(=O)O)nn1)C(C)c1cccc(OC)c1. The summed E-state index contributed by atoms with van der Waals surface area (Å²) in [5.41, 5.74) is 0.765. The third kappa shape index (κ3) is 3.89. The van der Waals surface area contributed by atoms with E-state index >= 15 is 0 Å². The van der Waals surface area contributed by atoms with Crippen LogP contribution >= 0.6 is 0 Å². The van der Waals surface area contributed by atoms with Gasteiger partial charge in [-0.3, -0.25) is 4.79 Å². The maximum Gasteiger partial charge on any atom is 0.358 e. The molecule has 0 fully saturated rings. The number of aromatic carboxylic acids is 1. The molecule has 8 nitrogen and oxygen atoms in total. The highest BCUT2D eigenvalue weighted by Gasteiger charge is 2.21. The molecule has 2 rings (SSSR count). The minimum atomic E-state index is -1.18. The van der Waals surface area contributed by atoms with Crippen LogP contribution in [-0.4, -0.2) is 50.5 Å². The van der Waals surface area contributed by atoms with E-state index in [-0.39, 0.29) is 24.2 Å². The first kappa shape index (κ1) is 17.5. The van der Waals surface area contributed by atoms with Crippen LogP contribution in [0.15, 0.2) is 30.5 Å². The van der Waals surface area contributed by atoms with Gasteiger partial charge in [-0.25, -0.2) is 9.48 Å². The average Bonchev–Trinajstić information content (AvgIpc) is 3.04. The summed E-state index contributed by atoms with van der Waals surface area (Å²) >= 11 is 0. The van der Waals surface area contributed by atoms with Gasteiger partial charge in [0.15, 0.2) is 5.69 Å². The highest BCUT2D eigenvalue weighted by atomic mass is 16.5. The van der Waals surface area contributed by atoms with Gasteiger partial charge in [-0.2, -0.15) is 0 Å². The van der Waals surface area contributed by atoms with Gasteiger partial charge in [-0.1, -0.05) is 17.3 Å². The summed E-state index contributed by atoms with van der Waals surface area (Å²) in [4.78, 5) is 25.1. The van der Waals surface area contributed by atoms with Crippen LogP contribution in [-0.2, 0) is 11.3 Å². The molecule has 1 N–H and O–H groups in total. The Morgan fingerprint density at radius 1 is 1.42 bits per heavy atom. The molecule has 0 saturated carbocycles. The summed E-state index contributed by atoms with van der Waals surface area (Å²) in [6.07, 6.45) is 1.24. The number of hydrogen-bond acceptors (Lipinski definition) is 5. The summed E-state index contributed by atoms with van der Waals surface area (Å²) in [5.74, 6) is -0.620. The Hall–Kier alpha value is -2.90. The standard InChI is InChI=1S/C16H20N4O4/c1-4-20(11(2)12-6-5-7-13(8-12)24-3)15(21)10-19-9-14(16(22)23)17-18-19/h5-9,11H,4,10H2,1-3H3,(H,22,23). The van der Waals surface area contributed by atoms with E-state index in [1.165, 1.54) is 10.9 Å². The second-order valence-electron chi connectivity index (χ2n) is 5.24. The number of nitrogens with zero attached hydrogens (tertiary/aromatic N) is 4. The molecule has 2 aromatic rings.